The van der Waals surface area contributed by atoms with Crippen molar-refractivity contribution in [3.8, 4) is 0 Å². The van der Waals surface area contributed by atoms with Crippen LogP contribution in [0.5, 0.6) is 0 Å². The Morgan fingerprint density at radius 2 is 2.24 bits per heavy atom. The predicted octanol–water partition coefficient (Wildman–Crippen LogP) is 2.18. The number of rotatable bonds is 3. The number of aromatic nitrogens is 1. The Balaban J connectivity index is 2.22. The van der Waals surface area contributed by atoms with E-state index < -0.39 is 6.09 Å². The molecule has 2 aromatic rings. The van der Waals surface area contributed by atoms with E-state index in [1.165, 1.54) is 6.07 Å². The Hall–Kier alpha value is -2.17. The summed E-state index contributed by atoms with van der Waals surface area (Å²) in [5.74, 6) is -0.323. The zero-order valence-corrected chi connectivity index (χ0v) is 8.98. The predicted molar refractivity (Wildman–Crippen MR) is 61.4 cm³/mol. The summed E-state index contributed by atoms with van der Waals surface area (Å²) in [6.07, 6.45) is 2.48. The van der Waals surface area contributed by atoms with E-state index in [0.29, 0.717) is 12.0 Å². The van der Waals surface area contributed by atoms with Crippen molar-refractivity contribution in [2.45, 2.75) is 6.42 Å². The lowest BCUT2D eigenvalue weighted by molar-refractivity contribution is 0.194. The molecule has 5 heteroatoms. The molecule has 0 saturated carbocycles. The fourth-order valence-corrected chi connectivity index (χ4v) is 1.65. The molecule has 0 aliphatic rings. The van der Waals surface area contributed by atoms with Crippen LogP contribution in [-0.4, -0.2) is 22.7 Å². The fraction of sp³-hybridized carbons (Fsp3) is 0.167. The van der Waals surface area contributed by atoms with E-state index in [4.69, 9.17) is 5.11 Å². The maximum absolute atomic E-state index is 13.6. The van der Waals surface area contributed by atoms with Crippen LogP contribution in [0.4, 0.5) is 9.18 Å². The molecule has 1 aromatic carbocycles. The number of benzene rings is 1. The van der Waals surface area contributed by atoms with Gasteiger partial charge in [0.05, 0.1) is 0 Å². The zero-order chi connectivity index (χ0) is 12.3. The van der Waals surface area contributed by atoms with Crippen LogP contribution >= 0.6 is 0 Å². The normalized spacial score (nSPS) is 10.4. The second kappa shape index (κ2) is 4.78. The van der Waals surface area contributed by atoms with Gasteiger partial charge in [-0.15, -0.1) is 0 Å². The van der Waals surface area contributed by atoms with Crippen molar-refractivity contribution in [2.75, 3.05) is 6.54 Å². The van der Waals surface area contributed by atoms with Gasteiger partial charge in [-0.1, -0.05) is 0 Å². The summed E-state index contributed by atoms with van der Waals surface area (Å²) in [6, 6.07) is 4.87. The van der Waals surface area contributed by atoms with Crippen molar-refractivity contribution in [1.29, 1.82) is 0 Å². The molecule has 17 heavy (non-hydrogen) atoms. The molecule has 0 spiro atoms. The van der Waals surface area contributed by atoms with Crippen LogP contribution in [0.3, 0.4) is 0 Å². The lowest BCUT2D eigenvalue weighted by Gasteiger charge is -2.05. The molecule has 0 bridgehead atoms. The number of halogens is 1. The van der Waals surface area contributed by atoms with E-state index in [-0.39, 0.29) is 12.4 Å². The van der Waals surface area contributed by atoms with Gasteiger partial charge in [-0.05, 0) is 35.6 Å². The van der Waals surface area contributed by atoms with Gasteiger partial charge < -0.3 is 10.4 Å². The van der Waals surface area contributed by atoms with Gasteiger partial charge >= 0.3 is 6.09 Å². The minimum Gasteiger partial charge on any atom is -0.465 e. The number of nitrogens with one attached hydrogen (secondary N) is 1. The summed E-state index contributed by atoms with van der Waals surface area (Å²) in [4.78, 5) is 14.2. The average Bonchev–Trinajstić information content (AvgIpc) is 2.29. The fourth-order valence-electron chi connectivity index (χ4n) is 1.65. The summed E-state index contributed by atoms with van der Waals surface area (Å²) < 4.78 is 13.6. The molecule has 2 N–H and O–H groups in total. The minimum absolute atomic E-state index is 0.192. The maximum Gasteiger partial charge on any atom is 0.404 e. The number of carboxylic acid groups (broad SMARTS) is 1. The van der Waals surface area contributed by atoms with Crippen LogP contribution in [0.15, 0.2) is 30.6 Å². The summed E-state index contributed by atoms with van der Waals surface area (Å²) >= 11 is 0. The van der Waals surface area contributed by atoms with Crippen LogP contribution < -0.4 is 5.32 Å². The molecule has 1 heterocycles. The standard InChI is InChI=1S/C12H11FN2O2/c13-11-6-8-1-3-14-7-10(8)5-9(11)2-4-15-12(16)17/h1,3,5-7,15H,2,4H2,(H,16,17). The topological polar surface area (TPSA) is 62.2 Å². The Kier molecular flexibility index (Phi) is 3.18. The first kappa shape index (κ1) is 11.3. The molecular weight excluding hydrogens is 223 g/mol. The monoisotopic (exact) mass is 234 g/mol. The second-order valence-corrected chi connectivity index (χ2v) is 3.65. The van der Waals surface area contributed by atoms with Gasteiger partial charge in [0.1, 0.15) is 5.82 Å². The Labute approximate surface area is 97.1 Å². The molecule has 0 fully saturated rings. The number of pyridine rings is 1. The van der Waals surface area contributed by atoms with Crippen molar-refractivity contribution in [3.05, 3.63) is 42.0 Å². The molecule has 0 radical (unpaired) electrons. The largest absolute Gasteiger partial charge is 0.465 e. The van der Waals surface area contributed by atoms with Crippen molar-refractivity contribution in [3.63, 3.8) is 0 Å². The van der Waals surface area contributed by atoms with Crippen LogP contribution in [0.25, 0.3) is 10.8 Å². The molecule has 2 rings (SSSR count). The molecule has 88 valence electrons. The number of hydrogen-bond donors (Lipinski definition) is 2. The van der Waals surface area contributed by atoms with Gasteiger partial charge in [0.2, 0.25) is 0 Å². The first-order valence-corrected chi connectivity index (χ1v) is 5.16. The van der Waals surface area contributed by atoms with Gasteiger partial charge in [-0.2, -0.15) is 0 Å². The number of amides is 1. The van der Waals surface area contributed by atoms with E-state index in [9.17, 15) is 9.18 Å². The van der Waals surface area contributed by atoms with Gasteiger partial charge in [0.15, 0.2) is 0 Å². The van der Waals surface area contributed by atoms with Gasteiger partial charge in [0.25, 0.3) is 0 Å². The first-order valence-electron chi connectivity index (χ1n) is 5.16. The third-order valence-electron chi connectivity index (χ3n) is 2.48. The molecular formula is C12H11FN2O2. The number of hydrogen-bond acceptors (Lipinski definition) is 2. The van der Waals surface area contributed by atoms with Crippen LogP contribution in [0, 0.1) is 5.82 Å². The number of fused-ring (bicyclic) bond motifs is 1. The number of carbonyl (C=O) groups is 1. The maximum atomic E-state index is 13.6. The zero-order valence-electron chi connectivity index (χ0n) is 8.98. The highest BCUT2D eigenvalue weighted by molar-refractivity contribution is 5.82. The van der Waals surface area contributed by atoms with Crippen LogP contribution in [0.2, 0.25) is 0 Å². The molecule has 1 aromatic heterocycles. The van der Waals surface area contributed by atoms with E-state index in [2.05, 4.69) is 10.3 Å². The number of nitrogens with zero attached hydrogens (tertiary/aromatic N) is 1. The minimum atomic E-state index is -1.10. The third kappa shape index (κ3) is 2.69. The highest BCUT2D eigenvalue weighted by Gasteiger charge is 2.05. The average molecular weight is 234 g/mol. The molecule has 0 saturated heterocycles. The molecule has 0 aliphatic heterocycles. The Morgan fingerprint density at radius 1 is 1.41 bits per heavy atom. The Morgan fingerprint density at radius 3 is 3.00 bits per heavy atom. The molecule has 1 amide bonds. The van der Waals surface area contributed by atoms with Crippen molar-refractivity contribution in [1.82, 2.24) is 10.3 Å². The summed E-state index contributed by atoms with van der Waals surface area (Å²) in [6.45, 7) is 0.192. The summed E-state index contributed by atoms with van der Waals surface area (Å²) in [5, 5.41) is 12.3. The van der Waals surface area contributed by atoms with Crippen molar-refractivity contribution < 1.29 is 14.3 Å². The smallest absolute Gasteiger partial charge is 0.404 e. The molecule has 0 aliphatic carbocycles. The van der Waals surface area contributed by atoms with Crippen LogP contribution in [-0.2, 0) is 6.42 Å². The molecule has 4 nitrogen and oxygen atoms in total. The molecule has 0 atom stereocenters. The van der Waals surface area contributed by atoms with Gasteiger partial charge in [-0.25, -0.2) is 9.18 Å². The van der Waals surface area contributed by atoms with E-state index >= 15 is 0 Å². The van der Waals surface area contributed by atoms with Crippen molar-refractivity contribution >= 4 is 16.9 Å². The highest BCUT2D eigenvalue weighted by Crippen LogP contribution is 2.18. The third-order valence-corrected chi connectivity index (χ3v) is 2.48. The van der Waals surface area contributed by atoms with E-state index in [1.54, 1.807) is 24.5 Å². The second-order valence-electron chi connectivity index (χ2n) is 3.65. The summed E-state index contributed by atoms with van der Waals surface area (Å²) in [5.41, 5.74) is 0.485. The lowest BCUT2D eigenvalue weighted by Crippen LogP contribution is -2.23. The quantitative estimate of drug-likeness (QED) is 0.855. The van der Waals surface area contributed by atoms with E-state index in [0.717, 1.165) is 10.8 Å². The lowest BCUT2D eigenvalue weighted by atomic mass is 10.1. The molecule has 0 unspecified atom stereocenters. The first-order chi connectivity index (χ1) is 8.16. The van der Waals surface area contributed by atoms with Gasteiger partial charge in [0, 0.05) is 24.3 Å². The van der Waals surface area contributed by atoms with Crippen LogP contribution in [0.1, 0.15) is 5.56 Å². The Bertz CT molecular complexity index is 557. The summed E-state index contributed by atoms with van der Waals surface area (Å²) in [7, 11) is 0. The van der Waals surface area contributed by atoms with E-state index in [1.807, 2.05) is 0 Å². The van der Waals surface area contributed by atoms with Crippen molar-refractivity contribution in [2.24, 2.45) is 0 Å². The van der Waals surface area contributed by atoms with Gasteiger partial charge in [-0.3, -0.25) is 4.98 Å². The highest BCUT2D eigenvalue weighted by atomic mass is 19.1. The SMILES string of the molecule is O=C(O)NCCc1cc2cnccc2cc1F.